The van der Waals surface area contributed by atoms with Crippen LogP contribution in [0.5, 0.6) is 0 Å². The van der Waals surface area contributed by atoms with E-state index in [2.05, 4.69) is 0 Å². The minimum Gasteiger partial charge on any atom is -0.394 e. The number of nitrogens with two attached hydrogens (primary N) is 1. The van der Waals surface area contributed by atoms with Crippen molar-refractivity contribution in [3.05, 3.63) is 34.4 Å². The molecule has 0 radical (unpaired) electrons. The highest BCUT2D eigenvalue weighted by Gasteiger charge is 2.16. The molecule has 0 bridgehead atoms. The summed E-state index contributed by atoms with van der Waals surface area (Å²) < 4.78 is 26.1. The molecule has 3 N–H and O–H groups in total. The van der Waals surface area contributed by atoms with Crippen LogP contribution in [0.2, 0.25) is 5.02 Å². The van der Waals surface area contributed by atoms with E-state index in [1.54, 1.807) is 0 Å². The van der Waals surface area contributed by atoms with E-state index in [1.165, 1.54) is 0 Å². The number of hydrogen-bond acceptors (Lipinski definition) is 2. The Hall–Kier alpha value is -0.710. The molecule has 0 saturated heterocycles. The Bertz CT molecular complexity index is 296. The van der Waals surface area contributed by atoms with Gasteiger partial charge in [-0.25, -0.2) is 8.78 Å². The summed E-state index contributed by atoms with van der Waals surface area (Å²) in [6, 6.07) is 0.850. The molecule has 0 heterocycles. The summed E-state index contributed by atoms with van der Waals surface area (Å²) in [7, 11) is 0. The quantitative estimate of drug-likeness (QED) is 0.774. The van der Waals surface area contributed by atoms with E-state index in [4.69, 9.17) is 22.4 Å². The smallest absolute Gasteiger partial charge is 0.132 e. The Kier molecular flexibility index (Phi) is 3.19. The lowest BCUT2D eigenvalue weighted by atomic mass is 10.1. The van der Waals surface area contributed by atoms with Crippen molar-refractivity contribution >= 4 is 11.6 Å². The van der Waals surface area contributed by atoms with Gasteiger partial charge in [-0.15, -0.1) is 0 Å². The molecule has 1 rings (SSSR count). The fourth-order valence-electron chi connectivity index (χ4n) is 0.999. The second kappa shape index (κ2) is 4.00. The van der Waals surface area contributed by atoms with Crippen molar-refractivity contribution in [2.45, 2.75) is 6.04 Å². The van der Waals surface area contributed by atoms with Gasteiger partial charge in [-0.2, -0.15) is 0 Å². The number of rotatable bonds is 2. The van der Waals surface area contributed by atoms with Crippen LogP contribution in [0.15, 0.2) is 12.1 Å². The molecule has 72 valence electrons. The zero-order valence-electron chi connectivity index (χ0n) is 6.60. The molecule has 2 nitrogen and oxygen atoms in total. The predicted octanol–water partition coefficient (Wildman–Crippen LogP) is 1.61. The molecule has 1 aromatic carbocycles. The lowest BCUT2D eigenvalue weighted by molar-refractivity contribution is 0.262. The van der Waals surface area contributed by atoms with E-state index >= 15 is 0 Å². The average Bonchev–Trinajstić information content (AvgIpc) is 2.02. The fraction of sp³-hybridized carbons (Fsp3) is 0.250. The van der Waals surface area contributed by atoms with Gasteiger partial charge in [0.25, 0.3) is 0 Å². The van der Waals surface area contributed by atoms with Crippen LogP contribution >= 0.6 is 11.6 Å². The Morgan fingerprint density at radius 2 is 1.85 bits per heavy atom. The minimum absolute atomic E-state index is 0.0381. The molecule has 5 heteroatoms. The molecule has 1 aromatic rings. The number of aliphatic hydroxyl groups excluding tert-OH is 1. The molecule has 0 aliphatic rings. The van der Waals surface area contributed by atoms with Gasteiger partial charge < -0.3 is 10.8 Å². The van der Waals surface area contributed by atoms with Crippen molar-refractivity contribution in [1.82, 2.24) is 0 Å². The molecule has 13 heavy (non-hydrogen) atoms. The molecule has 0 saturated carbocycles. The van der Waals surface area contributed by atoms with Crippen LogP contribution in [0.3, 0.4) is 0 Å². The number of halogens is 3. The zero-order chi connectivity index (χ0) is 10.0. The highest BCUT2D eigenvalue weighted by molar-refractivity contribution is 6.30. The van der Waals surface area contributed by atoms with Crippen molar-refractivity contribution in [1.29, 1.82) is 0 Å². The normalized spacial score (nSPS) is 13.0. The Morgan fingerprint density at radius 3 is 2.23 bits per heavy atom. The van der Waals surface area contributed by atoms with Crippen molar-refractivity contribution in [2.75, 3.05) is 6.61 Å². The predicted molar refractivity (Wildman–Crippen MR) is 45.4 cm³/mol. The highest BCUT2D eigenvalue weighted by Crippen LogP contribution is 2.22. The number of hydrogen-bond donors (Lipinski definition) is 2. The summed E-state index contributed by atoms with van der Waals surface area (Å²) in [6.45, 7) is -0.518. The maximum absolute atomic E-state index is 13.0. The third-order valence-electron chi connectivity index (χ3n) is 1.61. The highest BCUT2D eigenvalue weighted by atomic mass is 35.5. The molecule has 0 aromatic heterocycles. The van der Waals surface area contributed by atoms with E-state index < -0.39 is 24.3 Å². The van der Waals surface area contributed by atoms with Gasteiger partial charge in [0, 0.05) is 10.6 Å². The van der Waals surface area contributed by atoms with Crippen LogP contribution in [0.4, 0.5) is 8.78 Å². The van der Waals surface area contributed by atoms with Crippen LogP contribution < -0.4 is 5.73 Å². The van der Waals surface area contributed by atoms with E-state index in [9.17, 15) is 8.78 Å². The topological polar surface area (TPSA) is 46.2 Å². The van der Waals surface area contributed by atoms with E-state index in [0.29, 0.717) is 0 Å². The first kappa shape index (κ1) is 10.4. The van der Waals surface area contributed by atoms with Gasteiger partial charge in [0.05, 0.1) is 12.6 Å². The second-order valence-electron chi connectivity index (χ2n) is 2.57. The maximum atomic E-state index is 13.0. The first-order chi connectivity index (χ1) is 6.06. The second-order valence-corrected chi connectivity index (χ2v) is 3.01. The summed E-state index contributed by atoms with van der Waals surface area (Å²) in [5.74, 6) is -1.68. The number of aliphatic hydroxyl groups is 1. The molecular weight excluding hydrogens is 200 g/mol. The molecule has 0 aliphatic heterocycles. The summed E-state index contributed by atoms with van der Waals surface area (Å²) in [4.78, 5) is 0. The largest absolute Gasteiger partial charge is 0.394 e. The van der Waals surface area contributed by atoms with Crippen molar-refractivity contribution < 1.29 is 13.9 Å². The molecule has 1 unspecified atom stereocenters. The van der Waals surface area contributed by atoms with Gasteiger partial charge in [0.2, 0.25) is 0 Å². The molecule has 0 spiro atoms. The lowest BCUT2D eigenvalue weighted by Gasteiger charge is -2.10. The summed E-state index contributed by atoms with van der Waals surface area (Å²) in [6.07, 6.45) is 0. The minimum atomic E-state index is -1.06. The van der Waals surface area contributed by atoms with Gasteiger partial charge in [0.15, 0.2) is 0 Å². The van der Waals surface area contributed by atoms with Crippen LogP contribution in [0, 0.1) is 11.6 Å². The Morgan fingerprint density at radius 1 is 1.38 bits per heavy atom. The first-order valence-corrected chi connectivity index (χ1v) is 3.95. The molecular formula is C8H8ClF2NO. The molecule has 0 fully saturated rings. The molecule has 1 atom stereocenters. The summed E-state index contributed by atoms with van der Waals surface area (Å²) in [5, 5.41) is 8.58. The van der Waals surface area contributed by atoms with Gasteiger partial charge in [0.1, 0.15) is 11.6 Å². The Balaban J connectivity index is 3.20. The lowest BCUT2D eigenvalue weighted by Crippen LogP contribution is -2.17. The first-order valence-electron chi connectivity index (χ1n) is 3.57. The van der Waals surface area contributed by atoms with Crippen LogP contribution in [0.1, 0.15) is 11.6 Å². The van der Waals surface area contributed by atoms with Gasteiger partial charge in [-0.3, -0.25) is 0 Å². The molecule has 0 amide bonds. The molecule has 0 aliphatic carbocycles. The Labute approximate surface area is 78.9 Å². The zero-order valence-corrected chi connectivity index (χ0v) is 7.35. The van der Waals surface area contributed by atoms with Gasteiger partial charge in [-0.05, 0) is 12.1 Å². The van der Waals surface area contributed by atoms with E-state index in [0.717, 1.165) is 12.1 Å². The van der Waals surface area contributed by atoms with Crippen LogP contribution in [-0.4, -0.2) is 11.7 Å². The third kappa shape index (κ3) is 2.15. The number of benzene rings is 1. The standard InChI is InChI=1S/C8H8ClF2NO/c9-4-1-5(10)8(6(11)2-4)7(12)3-13/h1-2,7,13H,3,12H2. The van der Waals surface area contributed by atoms with Crippen LogP contribution in [-0.2, 0) is 0 Å². The third-order valence-corrected chi connectivity index (χ3v) is 1.83. The average molecular weight is 208 g/mol. The van der Waals surface area contributed by atoms with Crippen molar-refractivity contribution in [2.24, 2.45) is 5.73 Å². The fourth-order valence-corrected chi connectivity index (χ4v) is 1.19. The van der Waals surface area contributed by atoms with Gasteiger partial charge in [-0.1, -0.05) is 11.6 Å². The van der Waals surface area contributed by atoms with Crippen molar-refractivity contribution in [3.8, 4) is 0 Å². The van der Waals surface area contributed by atoms with Gasteiger partial charge >= 0.3 is 0 Å². The van der Waals surface area contributed by atoms with Crippen molar-refractivity contribution in [3.63, 3.8) is 0 Å². The van der Waals surface area contributed by atoms with E-state index in [1.807, 2.05) is 0 Å². The SMILES string of the molecule is NC(CO)c1c(F)cc(Cl)cc1F. The van der Waals surface area contributed by atoms with E-state index in [-0.39, 0.29) is 10.6 Å². The maximum Gasteiger partial charge on any atom is 0.132 e. The van der Waals surface area contributed by atoms with Crippen LogP contribution in [0.25, 0.3) is 0 Å². The monoisotopic (exact) mass is 207 g/mol. The summed E-state index contributed by atoms with van der Waals surface area (Å²) >= 11 is 5.39. The summed E-state index contributed by atoms with van der Waals surface area (Å²) in [5.41, 5.74) is 4.93.